The molecule has 1 aromatic carbocycles. The first-order valence-electron chi connectivity index (χ1n) is 6.61. The number of carbonyl (C=O) groups excluding carboxylic acids is 1. The van der Waals surface area contributed by atoms with Gasteiger partial charge in [0.1, 0.15) is 0 Å². The van der Waals surface area contributed by atoms with Crippen molar-refractivity contribution in [2.45, 2.75) is 6.42 Å². The Bertz CT molecular complexity index is 424. The SMILES string of the molecule is CNC(=O)c1ccc(N)c(NCCCOCCOC)c1. The number of nitrogens with two attached hydrogens (primary N) is 1. The van der Waals surface area contributed by atoms with Crippen LogP contribution in [0.3, 0.4) is 0 Å². The Labute approximate surface area is 119 Å². The number of benzene rings is 1. The van der Waals surface area contributed by atoms with E-state index in [1.165, 1.54) is 0 Å². The molecule has 0 bridgehead atoms. The Balaban J connectivity index is 2.37. The summed E-state index contributed by atoms with van der Waals surface area (Å²) < 4.78 is 10.2. The number of carbonyl (C=O) groups is 1. The second kappa shape index (κ2) is 9.17. The highest BCUT2D eigenvalue weighted by Gasteiger charge is 2.06. The maximum absolute atomic E-state index is 11.5. The van der Waals surface area contributed by atoms with Crippen molar-refractivity contribution in [2.75, 3.05) is 51.6 Å². The molecule has 0 fully saturated rings. The number of methoxy groups -OCH3 is 1. The number of rotatable bonds is 9. The van der Waals surface area contributed by atoms with Crippen LogP contribution < -0.4 is 16.4 Å². The molecular weight excluding hydrogens is 258 g/mol. The average molecular weight is 281 g/mol. The summed E-state index contributed by atoms with van der Waals surface area (Å²) >= 11 is 0. The summed E-state index contributed by atoms with van der Waals surface area (Å²) in [5, 5.41) is 5.79. The van der Waals surface area contributed by atoms with Crippen molar-refractivity contribution < 1.29 is 14.3 Å². The van der Waals surface area contributed by atoms with E-state index < -0.39 is 0 Å². The van der Waals surface area contributed by atoms with Crippen LogP contribution in [0.5, 0.6) is 0 Å². The van der Waals surface area contributed by atoms with Gasteiger partial charge in [-0.1, -0.05) is 0 Å². The number of nitrogens with one attached hydrogen (secondary N) is 2. The predicted octanol–water partition coefficient (Wildman–Crippen LogP) is 1.09. The molecule has 20 heavy (non-hydrogen) atoms. The highest BCUT2D eigenvalue weighted by Crippen LogP contribution is 2.19. The van der Waals surface area contributed by atoms with E-state index in [1.807, 2.05) is 0 Å². The minimum Gasteiger partial charge on any atom is -0.397 e. The molecular formula is C14H23N3O3. The maximum atomic E-state index is 11.5. The molecule has 4 N–H and O–H groups in total. The van der Waals surface area contributed by atoms with Crippen LogP contribution in [0.1, 0.15) is 16.8 Å². The molecule has 0 aromatic heterocycles. The molecule has 6 heteroatoms. The number of hydrogen-bond donors (Lipinski definition) is 3. The molecule has 0 radical (unpaired) electrons. The highest BCUT2D eigenvalue weighted by molar-refractivity contribution is 5.96. The smallest absolute Gasteiger partial charge is 0.251 e. The van der Waals surface area contributed by atoms with Crippen molar-refractivity contribution in [1.29, 1.82) is 0 Å². The lowest BCUT2D eigenvalue weighted by atomic mass is 10.1. The minimum absolute atomic E-state index is 0.129. The Kier molecular flexibility index (Phi) is 7.46. The zero-order chi connectivity index (χ0) is 14.8. The first-order valence-corrected chi connectivity index (χ1v) is 6.61. The summed E-state index contributed by atoms with van der Waals surface area (Å²) in [6, 6.07) is 5.18. The van der Waals surface area contributed by atoms with Gasteiger partial charge >= 0.3 is 0 Å². The summed E-state index contributed by atoms with van der Waals surface area (Å²) in [4.78, 5) is 11.5. The van der Waals surface area contributed by atoms with Crippen LogP contribution in [0.25, 0.3) is 0 Å². The Morgan fingerprint density at radius 3 is 2.80 bits per heavy atom. The molecule has 0 aliphatic rings. The largest absolute Gasteiger partial charge is 0.397 e. The average Bonchev–Trinajstić information content (AvgIpc) is 2.47. The summed E-state index contributed by atoms with van der Waals surface area (Å²) in [6.07, 6.45) is 0.855. The van der Waals surface area contributed by atoms with Gasteiger partial charge in [-0.3, -0.25) is 4.79 Å². The molecule has 1 aromatic rings. The third-order valence-corrected chi connectivity index (χ3v) is 2.76. The fourth-order valence-corrected chi connectivity index (χ4v) is 1.64. The Morgan fingerprint density at radius 1 is 1.30 bits per heavy atom. The van der Waals surface area contributed by atoms with Gasteiger partial charge in [-0.05, 0) is 24.6 Å². The standard InChI is InChI=1S/C14H23N3O3/c1-16-14(18)11-4-5-12(15)13(10-11)17-6-3-7-20-9-8-19-2/h4-5,10,17H,3,6-9,15H2,1-2H3,(H,16,18). The number of amides is 1. The van der Waals surface area contributed by atoms with E-state index >= 15 is 0 Å². The van der Waals surface area contributed by atoms with Gasteiger partial charge in [0.25, 0.3) is 5.91 Å². The fraction of sp³-hybridized carbons (Fsp3) is 0.500. The molecule has 6 nitrogen and oxygen atoms in total. The van der Waals surface area contributed by atoms with E-state index in [-0.39, 0.29) is 5.91 Å². The van der Waals surface area contributed by atoms with Gasteiger partial charge in [-0.25, -0.2) is 0 Å². The lowest BCUT2D eigenvalue weighted by Gasteiger charge is -2.11. The van der Waals surface area contributed by atoms with E-state index in [0.29, 0.717) is 31.1 Å². The second-order valence-corrected chi connectivity index (χ2v) is 4.27. The molecule has 1 amide bonds. The summed E-state index contributed by atoms with van der Waals surface area (Å²) in [5.41, 5.74) is 7.84. The zero-order valence-corrected chi connectivity index (χ0v) is 12.1. The fourth-order valence-electron chi connectivity index (χ4n) is 1.64. The molecule has 0 unspecified atom stereocenters. The molecule has 0 atom stereocenters. The first kappa shape index (κ1) is 16.3. The molecule has 112 valence electrons. The van der Waals surface area contributed by atoms with E-state index in [4.69, 9.17) is 15.2 Å². The molecule has 0 aliphatic carbocycles. The van der Waals surface area contributed by atoms with Gasteiger partial charge in [-0.15, -0.1) is 0 Å². The number of nitrogen functional groups attached to an aromatic ring is 1. The minimum atomic E-state index is -0.129. The summed E-state index contributed by atoms with van der Waals surface area (Å²) in [5.74, 6) is -0.129. The quantitative estimate of drug-likeness (QED) is 0.466. The first-order chi connectivity index (χ1) is 9.69. The van der Waals surface area contributed by atoms with Crippen molar-refractivity contribution in [3.63, 3.8) is 0 Å². The van der Waals surface area contributed by atoms with Gasteiger partial charge in [0.15, 0.2) is 0 Å². The van der Waals surface area contributed by atoms with Crippen LogP contribution in [-0.2, 0) is 9.47 Å². The van der Waals surface area contributed by atoms with Crippen LogP contribution in [-0.4, -0.2) is 46.4 Å². The van der Waals surface area contributed by atoms with Gasteiger partial charge in [0, 0.05) is 32.9 Å². The molecule has 0 aliphatic heterocycles. The molecule has 1 rings (SSSR count). The third kappa shape index (κ3) is 5.46. The van der Waals surface area contributed by atoms with Crippen LogP contribution in [0.15, 0.2) is 18.2 Å². The Hall–Kier alpha value is -1.79. The van der Waals surface area contributed by atoms with Gasteiger partial charge in [0.05, 0.1) is 24.6 Å². The van der Waals surface area contributed by atoms with E-state index in [9.17, 15) is 4.79 Å². The zero-order valence-electron chi connectivity index (χ0n) is 12.1. The van der Waals surface area contributed by atoms with Crippen molar-refractivity contribution in [3.05, 3.63) is 23.8 Å². The highest BCUT2D eigenvalue weighted by atomic mass is 16.5. The van der Waals surface area contributed by atoms with Crippen LogP contribution in [0, 0.1) is 0 Å². The Morgan fingerprint density at radius 2 is 2.10 bits per heavy atom. The number of anilines is 2. The molecule has 0 heterocycles. The van der Waals surface area contributed by atoms with Crippen molar-refractivity contribution in [3.8, 4) is 0 Å². The number of hydrogen-bond acceptors (Lipinski definition) is 5. The number of ether oxygens (including phenoxy) is 2. The van der Waals surface area contributed by atoms with Crippen LogP contribution >= 0.6 is 0 Å². The van der Waals surface area contributed by atoms with Gasteiger partial charge in [-0.2, -0.15) is 0 Å². The van der Waals surface area contributed by atoms with E-state index in [0.717, 1.165) is 18.7 Å². The van der Waals surface area contributed by atoms with Crippen LogP contribution in [0.2, 0.25) is 0 Å². The maximum Gasteiger partial charge on any atom is 0.251 e. The van der Waals surface area contributed by atoms with Gasteiger partial charge in [0.2, 0.25) is 0 Å². The molecule has 0 spiro atoms. The topological polar surface area (TPSA) is 85.6 Å². The normalized spacial score (nSPS) is 10.3. The molecule has 0 saturated heterocycles. The monoisotopic (exact) mass is 281 g/mol. The predicted molar refractivity (Wildman–Crippen MR) is 80.0 cm³/mol. The lowest BCUT2D eigenvalue weighted by molar-refractivity contribution is 0.0705. The van der Waals surface area contributed by atoms with E-state index in [2.05, 4.69) is 10.6 Å². The van der Waals surface area contributed by atoms with Gasteiger partial charge < -0.3 is 25.8 Å². The van der Waals surface area contributed by atoms with E-state index in [1.54, 1.807) is 32.4 Å². The van der Waals surface area contributed by atoms with Crippen molar-refractivity contribution in [2.24, 2.45) is 0 Å². The van der Waals surface area contributed by atoms with Crippen LogP contribution in [0.4, 0.5) is 11.4 Å². The van der Waals surface area contributed by atoms with Crippen molar-refractivity contribution in [1.82, 2.24) is 5.32 Å². The third-order valence-electron chi connectivity index (χ3n) is 2.76. The summed E-state index contributed by atoms with van der Waals surface area (Å²) in [7, 11) is 3.25. The second-order valence-electron chi connectivity index (χ2n) is 4.27. The lowest BCUT2D eigenvalue weighted by Crippen LogP contribution is -2.18. The summed E-state index contributed by atoms with van der Waals surface area (Å²) in [6.45, 7) is 2.60. The molecule has 0 saturated carbocycles. The van der Waals surface area contributed by atoms with Crippen molar-refractivity contribution >= 4 is 17.3 Å².